The van der Waals surface area contributed by atoms with Crippen LogP contribution in [0.5, 0.6) is 0 Å². The third-order valence-corrected chi connectivity index (χ3v) is 3.40. The molecule has 0 radical (unpaired) electrons. The van der Waals surface area contributed by atoms with Crippen LogP contribution in [-0.4, -0.2) is 15.7 Å². The summed E-state index contributed by atoms with van der Waals surface area (Å²) < 4.78 is 0. The fourth-order valence-corrected chi connectivity index (χ4v) is 2.24. The first-order valence-corrected chi connectivity index (χ1v) is 6.59. The fourth-order valence-electron chi connectivity index (χ4n) is 2.24. The summed E-state index contributed by atoms with van der Waals surface area (Å²) in [6, 6.07) is 12.9. The lowest BCUT2D eigenvalue weighted by molar-refractivity contribution is 1.07. The highest BCUT2D eigenvalue weighted by Gasteiger charge is 2.12. The minimum absolute atomic E-state index is 0.286. The molecular weight excluding hydrogens is 262 g/mol. The van der Waals surface area contributed by atoms with Crippen LogP contribution in [0.25, 0.3) is 11.0 Å². The van der Waals surface area contributed by atoms with Crippen LogP contribution in [0, 0.1) is 5.41 Å². The molecule has 0 atom stereocenters. The van der Waals surface area contributed by atoms with Crippen molar-refractivity contribution < 1.29 is 0 Å². The molecule has 0 bridgehead atoms. The van der Waals surface area contributed by atoms with Gasteiger partial charge < -0.3 is 11.5 Å². The van der Waals surface area contributed by atoms with Gasteiger partial charge in [0.2, 0.25) is 0 Å². The Labute approximate surface area is 122 Å². The van der Waals surface area contributed by atoms with Crippen LogP contribution >= 0.6 is 0 Å². The Kier molecular flexibility index (Phi) is 3.33. The summed E-state index contributed by atoms with van der Waals surface area (Å²) in [7, 11) is 0. The summed E-state index contributed by atoms with van der Waals surface area (Å²) in [5.41, 5.74) is 16.2. The minimum Gasteiger partial charge on any atom is -0.398 e. The number of rotatable bonds is 3. The van der Waals surface area contributed by atoms with Gasteiger partial charge in [0.15, 0.2) is 0 Å². The van der Waals surface area contributed by atoms with Crippen molar-refractivity contribution in [3.63, 3.8) is 0 Å². The average molecular weight is 277 g/mol. The molecule has 3 rings (SSSR count). The van der Waals surface area contributed by atoms with Gasteiger partial charge in [0.1, 0.15) is 0 Å². The van der Waals surface area contributed by atoms with E-state index in [1.165, 1.54) is 0 Å². The highest BCUT2D eigenvalue weighted by molar-refractivity contribution is 6.13. The number of nitrogens with two attached hydrogens (primary N) is 2. The number of anilines is 1. The van der Waals surface area contributed by atoms with E-state index >= 15 is 0 Å². The molecule has 0 amide bonds. The Morgan fingerprint density at radius 1 is 1.05 bits per heavy atom. The molecule has 3 aromatic rings. The number of benzene rings is 1. The normalized spacial score (nSPS) is 10.7. The van der Waals surface area contributed by atoms with Crippen LogP contribution in [0.1, 0.15) is 16.8 Å². The maximum Gasteiger partial charge on any atom is 0.0894 e. The number of nitrogens with one attached hydrogen (secondary N) is 1. The van der Waals surface area contributed by atoms with Crippen molar-refractivity contribution in [2.24, 2.45) is 5.73 Å². The smallest absolute Gasteiger partial charge is 0.0894 e. The molecular formula is C16H15N5. The molecule has 0 saturated heterocycles. The predicted octanol–water partition coefficient (Wildman–Crippen LogP) is 2.09. The molecule has 0 spiro atoms. The van der Waals surface area contributed by atoms with E-state index < -0.39 is 0 Å². The number of fused-ring (bicyclic) bond motifs is 1. The molecule has 5 nitrogen and oxygen atoms in total. The number of hydrogen-bond donors (Lipinski definition) is 3. The lowest BCUT2D eigenvalue weighted by Crippen LogP contribution is -2.11. The highest BCUT2D eigenvalue weighted by atomic mass is 14.8. The zero-order chi connectivity index (χ0) is 14.8. The largest absolute Gasteiger partial charge is 0.398 e. The van der Waals surface area contributed by atoms with Crippen LogP contribution in [0.15, 0.2) is 48.7 Å². The average Bonchev–Trinajstić information content (AvgIpc) is 2.54. The van der Waals surface area contributed by atoms with E-state index in [9.17, 15) is 0 Å². The van der Waals surface area contributed by atoms with Crippen molar-refractivity contribution in [1.29, 1.82) is 5.41 Å². The van der Waals surface area contributed by atoms with Crippen LogP contribution in [-0.2, 0) is 6.54 Å². The van der Waals surface area contributed by atoms with Gasteiger partial charge in [-0.05, 0) is 29.8 Å². The molecule has 0 aliphatic heterocycles. The molecule has 5 N–H and O–H groups in total. The van der Waals surface area contributed by atoms with Crippen LogP contribution in [0.4, 0.5) is 5.69 Å². The van der Waals surface area contributed by atoms with Crippen molar-refractivity contribution in [2.45, 2.75) is 6.54 Å². The molecule has 0 fully saturated rings. The molecule has 1 aromatic carbocycles. The standard InChI is InChI=1S/C16H15N5/c17-9-10-3-1-4-11(15(10)18)16(19)14-7-6-12-13(21-14)5-2-8-20-12/h1-8,19H,9,17-18H2. The van der Waals surface area contributed by atoms with Gasteiger partial charge in [0, 0.05) is 24.0 Å². The zero-order valence-electron chi connectivity index (χ0n) is 11.4. The number of para-hydroxylation sites is 1. The Hall–Kier alpha value is -2.79. The van der Waals surface area contributed by atoms with E-state index in [1.54, 1.807) is 12.3 Å². The van der Waals surface area contributed by atoms with E-state index in [-0.39, 0.29) is 5.71 Å². The minimum atomic E-state index is 0.286. The molecule has 5 heteroatoms. The summed E-state index contributed by atoms with van der Waals surface area (Å²) in [5, 5.41) is 8.35. The van der Waals surface area contributed by atoms with Crippen LogP contribution < -0.4 is 11.5 Å². The second kappa shape index (κ2) is 5.30. The molecule has 2 heterocycles. The third kappa shape index (κ3) is 2.34. The highest BCUT2D eigenvalue weighted by Crippen LogP contribution is 2.20. The summed E-state index contributed by atoms with van der Waals surface area (Å²) in [6.07, 6.45) is 1.72. The van der Waals surface area contributed by atoms with Gasteiger partial charge in [-0.2, -0.15) is 0 Å². The summed E-state index contributed by atoms with van der Waals surface area (Å²) in [4.78, 5) is 8.70. The van der Waals surface area contributed by atoms with Gasteiger partial charge in [-0.25, -0.2) is 4.98 Å². The maximum absolute atomic E-state index is 8.35. The summed E-state index contributed by atoms with van der Waals surface area (Å²) in [6.45, 7) is 0.349. The Morgan fingerprint density at radius 2 is 1.90 bits per heavy atom. The molecule has 0 unspecified atom stereocenters. The zero-order valence-corrected chi connectivity index (χ0v) is 11.4. The predicted molar refractivity (Wildman–Crippen MR) is 84.2 cm³/mol. The lowest BCUT2D eigenvalue weighted by atomic mass is 10.0. The van der Waals surface area contributed by atoms with Crippen molar-refractivity contribution in [1.82, 2.24) is 9.97 Å². The van der Waals surface area contributed by atoms with Gasteiger partial charge in [-0.1, -0.05) is 18.2 Å². The number of nitrogen functional groups attached to an aromatic ring is 1. The Balaban J connectivity index is 2.08. The SMILES string of the molecule is N=C(c1ccc2ncccc2n1)c1cccc(CN)c1N. The van der Waals surface area contributed by atoms with Gasteiger partial charge in [-0.3, -0.25) is 10.4 Å². The number of nitrogens with zero attached hydrogens (tertiary/aromatic N) is 2. The first-order chi connectivity index (χ1) is 10.2. The van der Waals surface area contributed by atoms with E-state index in [1.807, 2.05) is 36.4 Å². The van der Waals surface area contributed by atoms with Gasteiger partial charge in [0.05, 0.1) is 22.4 Å². The lowest BCUT2D eigenvalue weighted by Gasteiger charge is -2.11. The Morgan fingerprint density at radius 3 is 2.71 bits per heavy atom. The summed E-state index contributed by atoms with van der Waals surface area (Å²) >= 11 is 0. The van der Waals surface area contributed by atoms with Crippen molar-refractivity contribution >= 4 is 22.4 Å². The number of pyridine rings is 2. The monoisotopic (exact) mass is 277 g/mol. The van der Waals surface area contributed by atoms with Crippen LogP contribution in [0.2, 0.25) is 0 Å². The second-order valence-electron chi connectivity index (χ2n) is 4.70. The molecule has 0 aliphatic carbocycles. The first kappa shape index (κ1) is 13.2. The first-order valence-electron chi connectivity index (χ1n) is 6.59. The molecule has 2 aromatic heterocycles. The second-order valence-corrected chi connectivity index (χ2v) is 4.70. The van der Waals surface area contributed by atoms with Gasteiger partial charge >= 0.3 is 0 Å². The van der Waals surface area contributed by atoms with E-state index in [0.717, 1.165) is 16.6 Å². The van der Waals surface area contributed by atoms with E-state index in [4.69, 9.17) is 16.9 Å². The molecule has 21 heavy (non-hydrogen) atoms. The van der Waals surface area contributed by atoms with Gasteiger partial charge in [0.25, 0.3) is 0 Å². The van der Waals surface area contributed by atoms with Gasteiger partial charge in [-0.15, -0.1) is 0 Å². The van der Waals surface area contributed by atoms with E-state index in [2.05, 4.69) is 9.97 Å². The third-order valence-electron chi connectivity index (χ3n) is 3.40. The Bertz CT molecular complexity index is 826. The van der Waals surface area contributed by atoms with Crippen molar-refractivity contribution in [3.05, 3.63) is 65.5 Å². The van der Waals surface area contributed by atoms with Crippen molar-refractivity contribution in [3.8, 4) is 0 Å². The van der Waals surface area contributed by atoms with Crippen molar-refractivity contribution in [2.75, 3.05) is 5.73 Å². The van der Waals surface area contributed by atoms with E-state index in [0.29, 0.717) is 23.5 Å². The summed E-state index contributed by atoms with van der Waals surface area (Å²) in [5.74, 6) is 0. The fraction of sp³-hybridized carbons (Fsp3) is 0.0625. The molecule has 0 saturated carbocycles. The molecule has 104 valence electrons. The number of hydrogen-bond acceptors (Lipinski definition) is 5. The molecule has 0 aliphatic rings. The number of aromatic nitrogens is 2. The van der Waals surface area contributed by atoms with Crippen LogP contribution in [0.3, 0.4) is 0 Å². The maximum atomic E-state index is 8.35. The quantitative estimate of drug-likeness (QED) is 0.504. The topological polar surface area (TPSA) is 102 Å².